The third-order valence-corrected chi connectivity index (χ3v) is 2.42. The molecule has 0 saturated heterocycles. The average molecular weight is 172 g/mol. The molecule has 0 amide bonds. The van der Waals surface area contributed by atoms with Crippen LogP contribution in [0.3, 0.4) is 0 Å². The van der Waals surface area contributed by atoms with Crippen molar-refractivity contribution in [1.29, 1.82) is 0 Å². The minimum Gasteiger partial charge on any atom is -0.291 e. The molecule has 67 valence electrons. The van der Waals surface area contributed by atoms with Crippen LogP contribution in [0.25, 0.3) is 0 Å². The molecule has 0 saturated carbocycles. The third-order valence-electron chi connectivity index (χ3n) is 2.42. The van der Waals surface area contributed by atoms with E-state index in [1.165, 1.54) is 11.1 Å². The van der Waals surface area contributed by atoms with Gasteiger partial charge in [-0.15, -0.1) is 6.58 Å². The van der Waals surface area contributed by atoms with Gasteiger partial charge in [-0.25, -0.2) is 0 Å². The van der Waals surface area contributed by atoms with Crippen molar-refractivity contribution in [3.63, 3.8) is 0 Å². The molecule has 1 aromatic carbocycles. The van der Waals surface area contributed by atoms with Crippen LogP contribution >= 0.6 is 0 Å². The number of hydrogen-bond donors (Lipinski definition) is 0. The maximum absolute atomic E-state index is 3.75. The van der Waals surface area contributed by atoms with Crippen molar-refractivity contribution in [2.45, 2.75) is 13.0 Å². The van der Waals surface area contributed by atoms with Crippen LogP contribution < -0.4 is 0 Å². The van der Waals surface area contributed by atoms with Gasteiger partial charge in [0.25, 0.3) is 0 Å². The Labute approximate surface area is 79.7 Å². The number of nitrogens with zero attached hydrogens (tertiary/aromatic N) is 1. The van der Waals surface area contributed by atoms with E-state index in [9.17, 15) is 0 Å². The number of benzene rings is 1. The van der Waals surface area contributed by atoms with Gasteiger partial charge in [0.1, 0.15) is 0 Å². The molecule has 1 nitrogen and oxygen atoms in total. The Bertz CT molecular complexity index is 304. The van der Waals surface area contributed by atoms with Crippen LogP contribution in [0.15, 0.2) is 36.9 Å². The first kappa shape index (κ1) is 8.52. The van der Waals surface area contributed by atoms with E-state index in [1.54, 1.807) is 0 Å². The highest BCUT2D eigenvalue weighted by Gasteiger charge is 2.13. The lowest BCUT2D eigenvalue weighted by Gasteiger charge is -2.26. The van der Waals surface area contributed by atoms with Crippen LogP contribution in [0.4, 0.5) is 0 Å². The van der Waals surface area contributed by atoms with Gasteiger partial charge in [0.2, 0.25) is 0 Å². The molecule has 2 rings (SSSR count). The molecule has 1 aliphatic rings. The zero-order valence-corrected chi connectivity index (χ0v) is 7.74. The SMILES string of the molecule is C=CCN1[CH]Cc2ccccc2C1. The van der Waals surface area contributed by atoms with Gasteiger partial charge in [-0.1, -0.05) is 30.3 Å². The second-order valence-electron chi connectivity index (χ2n) is 3.37. The summed E-state index contributed by atoms with van der Waals surface area (Å²) in [5, 5.41) is 0. The Balaban J connectivity index is 2.15. The van der Waals surface area contributed by atoms with Crippen LogP contribution in [0.1, 0.15) is 11.1 Å². The molecule has 0 fully saturated rings. The molecule has 0 N–H and O–H groups in total. The van der Waals surface area contributed by atoms with Crippen molar-refractivity contribution >= 4 is 0 Å². The monoisotopic (exact) mass is 172 g/mol. The Morgan fingerprint density at radius 1 is 1.31 bits per heavy atom. The third kappa shape index (κ3) is 1.81. The predicted molar refractivity (Wildman–Crippen MR) is 55.1 cm³/mol. The summed E-state index contributed by atoms with van der Waals surface area (Å²) in [6, 6.07) is 8.63. The van der Waals surface area contributed by atoms with Gasteiger partial charge >= 0.3 is 0 Å². The van der Waals surface area contributed by atoms with Crippen LogP contribution in [0.5, 0.6) is 0 Å². The summed E-state index contributed by atoms with van der Waals surface area (Å²) in [7, 11) is 0. The summed E-state index contributed by atoms with van der Waals surface area (Å²) in [4.78, 5) is 2.30. The zero-order chi connectivity index (χ0) is 9.10. The lowest BCUT2D eigenvalue weighted by atomic mass is 10.0. The molecule has 0 unspecified atom stereocenters. The van der Waals surface area contributed by atoms with E-state index in [2.05, 4.69) is 42.3 Å². The largest absolute Gasteiger partial charge is 0.291 e. The van der Waals surface area contributed by atoms with E-state index < -0.39 is 0 Å². The Morgan fingerprint density at radius 3 is 2.85 bits per heavy atom. The van der Waals surface area contributed by atoms with Crippen LogP contribution in [-0.4, -0.2) is 11.4 Å². The Morgan fingerprint density at radius 2 is 2.08 bits per heavy atom. The first-order chi connectivity index (χ1) is 6.40. The molecule has 1 heterocycles. The summed E-state index contributed by atoms with van der Waals surface area (Å²) < 4.78 is 0. The van der Waals surface area contributed by atoms with Crippen molar-refractivity contribution in [3.8, 4) is 0 Å². The maximum Gasteiger partial charge on any atom is 0.0302 e. The van der Waals surface area contributed by atoms with E-state index in [4.69, 9.17) is 0 Å². The Hall–Kier alpha value is -1.08. The molecule has 0 aliphatic carbocycles. The molecule has 1 aromatic rings. The first-order valence-corrected chi connectivity index (χ1v) is 4.65. The quantitative estimate of drug-likeness (QED) is 0.619. The normalized spacial score (nSPS) is 16.6. The van der Waals surface area contributed by atoms with Gasteiger partial charge in [0.15, 0.2) is 0 Å². The summed E-state index contributed by atoms with van der Waals surface area (Å²) in [6.45, 7) is 7.99. The summed E-state index contributed by atoms with van der Waals surface area (Å²) in [5.41, 5.74) is 2.91. The van der Waals surface area contributed by atoms with Crippen LogP contribution in [0.2, 0.25) is 0 Å². The van der Waals surface area contributed by atoms with Crippen molar-refractivity contribution in [2.75, 3.05) is 6.54 Å². The fraction of sp³-hybridized carbons (Fsp3) is 0.250. The van der Waals surface area contributed by atoms with Crippen LogP contribution in [0, 0.1) is 6.54 Å². The standard InChI is InChI=1S/C12H14N/c1-2-8-13-9-7-11-5-3-4-6-12(11)10-13/h2-6,9H,1,7-8,10H2. The average Bonchev–Trinajstić information content (AvgIpc) is 2.18. The zero-order valence-electron chi connectivity index (χ0n) is 7.74. The molecule has 1 aliphatic heterocycles. The van der Waals surface area contributed by atoms with Crippen molar-refractivity contribution in [3.05, 3.63) is 54.6 Å². The van der Waals surface area contributed by atoms with E-state index in [-0.39, 0.29) is 0 Å². The lowest BCUT2D eigenvalue weighted by Crippen LogP contribution is -2.26. The van der Waals surface area contributed by atoms with Crippen LogP contribution in [-0.2, 0) is 13.0 Å². The van der Waals surface area contributed by atoms with Crippen molar-refractivity contribution in [1.82, 2.24) is 4.90 Å². The summed E-state index contributed by atoms with van der Waals surface area (Å²) in [6.07, 6.45) is 3.01. The number of rotatable bonds is 2. The van der Waals surface area contributed by atoms with E-state index in [0.29, 0.717) is 0 Å². The fourth-order valence-corrected chi connectivity index (χ4v) is 1.73. The van der Waals surface area contributed by atoms with Gasteiger partial charge < -0.3 is 0 Å². The second kappa shape index (κ2) is 3.75. The topological polar surface area (TPSA) is 3.24 Å². The highest BCUT2D eigenvalue weighted by molar-refractivity contribution is 5.30. The van der Waals surface area contributed by atoms with E-state index in [1.807, 2.05) is 6.08 Å². The van der Waals surface area contributed by atoms with Gasteiger partial charge in [-0.2, -0.15) is 0 Å². The molecule has 0 aromatic heterocycles. The molecule has 0 atom stereocenters. The molecule has 0 spiro atoms. The molecular formula is C12H14N. The van der Waals surface area contributed by atoms with E-state index >= 15 is 0 Å². The van der Waals surface area contributed by atoms with Gasteiger partial charge in [0.05, 0.1) is 0 Å². The van der Waals surface area contributed by atoms with Gasteiger partial charge in [-0.3, -0.25) is 4.90 Å². The van der Waals surface area contributed by atoms with Crippen molar-refractivity contribution < 1.29 is 0 Å². The Kier molecular flexibility index (Phi) is 2.46. The maximum atomic E-state index is 3.75. The van der Waals surface area contributed by atoms with E-state index in [0.717, 1.165) is 19.5 Å². The minimum atomic E-state index is 0.953. The second-order valence-corrected chi connectivity index (χ2v) is 3.37. The molecule has 1 radical (unpaired) electrons. The highest BCUT2D eigenvalue weighted by atomic mass is 15.1. The number of hydrogen-bond acceptors (Lipinski definition) is 1. The minimum absolute atomic E-state index is 0.953. The van der Waals surface area contributed by atoms with Gasteiger partial charge in [-0.05, 0) is 17.5 Å². The highest BCUT2D eigenvalue weighted by Crippen LogP contribution is 2.20. The lowest BCUT2D eigenvalue weighted by molar-refractivity contribution is 0.340. The molecule has 1 heteroatoms. The molecule has 0 bridgehead atoms. The van der Waals surface area contributed by atoms with Gasteiger partial charge in [0, 0.05) is 19.6 Å². The smallest absolute Gasteiger partial charge is 0.0302 e. The summed E-state index contributed by atoms with van der Waals surface area (Å²) >= 11 is 0. The molecular weight excluding hydrogens is 158 g/mol. The van der Waals surface area contributed by atoms with Crippen molar-refractivity contribution in [2.24, 2.45) is 0 Å². The molecule has 13 heavy (non-hydrogen) atoms. The fourth-order valence-electron chi connectivity index (χ4n) is 1.73. The number of fused-ring (bicyclic) bond motifs is 1. The summed E-state index contributed by atoms with van der Waals surface area (Å²) in [5.74, 6) is 0. The first-order valence-electron chi connectivity index (χ1n) is 4.65. The predicted octanol–water partition coefficient (Wildman–Crippen LogP) is 2.39.